The van der Waals surface area contributed by atoms with E-state index in [4.69, 9.17) is 0 Å². The summed E-state index contributed by atoms with van der Waals surface area (Å²) in [7, 11) is 1.87. The second kappa shape index (κ2) is 6.22. The highest BCUT2D eigenvalue weighted by molar-refractivity contribution is 7.16. The first-order valence-electron chi connectivity index (χ1n) is 6.85. The largest absolute Gasteiger partial charge is 0.390 e. The van der Waals surface area contributed by atoms with Gasteiger partial charge in [-0.15, -0.1) is 11.3 Å². The first kappa shape index (κ1) is 15.4. The molecule has 6 heteroatoms. The number of aliphatic hydroxyl groups is 1. The lowest BCUT2D eigenvalue weighted by Crippen LogP contribution is -2.44. The van der Waals surface area contributed by atoms with Crippen molar-refractivity contribution in [2.45, 2.75) is 32.9 Å². The Hall–Kier alpha value is -0.950. The molecule has 2 heterocycles. The second-order valence-corrected chi connectivity index (χ2v) is 6.72. The lowest BCUT2D eigenvalue weighted by molar-refractivity contribution is -0.117. The molecule has 1 aromatic rings. The molecular weight excluding hydrogens is 274 g/mol. The number of carbonyl (C=O) groups is 1. The van der Waals surface area contributed by atoms with Gasteiger partial charge in [0, 0.05) is 24.0 Å². The lowest BCUT2D eigenvalue weighted by atomic mass is 10.2. The van der Waals surface area contributed by atoms with Gasteiger partial charge in [0.05, 0.1) is 17.6 Å². The Labute approximate surface area is 124 Å². The Morgan fingerprint density at radius 2 is 2.10 bits per heavy atom. The summed E-state index contributed by atoms with van der Waals surface area (Å²) >= 11 is 1.62. The number of aryl methyl sites for hydroxylation is 1. The van der Waals surface area contributed by atoms with Crippen LogP contribution in [-0.4, -0.2) is 54.7 Å². The highest BCUT2D eigenvalue weighted by Crippen LogP contribution is 2.31. The Balaban J connectivity index is 1.93. The molecule has 1 aliphatic rings. The number of nitrogens with one attached hydrogen (secondary N) is 2. The number of likely N-dealkylation sites (N-methyl/N-ethyl adjacent to an activating group) is 1. The van der Waals surface area contributed by atoms with Crippen LogP contribution in [0.25, 0.3) is 0 Å². The normalized spacial score (nSPS) is 22.5. The number of carbonyl (C=O) groups excluding carboxylic acids is 1. The van der Waals surface area contributed by atoms with Crippen molar-refractivity contribution >= 4 is 22.2 Å². The molecule has 2 rings (SSSR count). The molecule has 0 saturated carbocycles. The summed E-state index contributed by atoms with van der Waals surface area (Å²) in [5.41, 5.74) is 2.39. The molecule has 0 unspecified atom stereocenters. The summed E-state index contributed by atoms with van der Waals surface area (Å²) in [6.45, 7) is 7.78. The average molecular weight is 297 g/mol. The van der Waals surface area contributed by atoms with Gasteiger partial charge in [0.1, 0.15) is 0 Å². The van der Waals surface area contributed by atoms with Crippen LogP contribution >= 0.6 is 11.3 Å². The van der Waals surface area contributed by atoms with E-state index in [1.54, 1.807) is 11.3 Å². The quantitative estimate of drug-likeness (QED) is 0.772. The van der Waals surface area contributed by atoms with E-state index < -0.39 is 6.10 Å². The van der Waals surface area contributed by atoms with Gasteiger partial charge < -0.3 is 15.7 Å². The van der Waals surface area contributed by atoms with Crippen LogP contribution in [0.15, 0.2) is 0 Å². The molecule has 1 aliphatic heterocycles. The third-order valence-electron chi connectivity index (χ3n) is 4.05. The minimum Gasteiger partial charge on any atom is -0.390 e. The van der Waals surface area contributed by atoms with Crippen molar-refractivity contribution in [1.29, 1.82) is 0 Å². The van der Waals surface area contributed by atoms with Crippen molar-refractivity contribution in [3.63, 3.8) is 0 Å². The Kier molecular flexibility index (Phi) is 4.80. The summed E-state index contributed by atoms with van der Waals surface area (Å²) in [5.74, 6) is -0.0315. The number of thiophene rings is 1. The van der Waals surface area contributed by atoms with Gasteiger partial charge in [0.15, 0.2) is 0 Å². The van der Waals surface area contributed by atoms with Crippen LogP contribution in [0, 0.1) is 20.8 Å². The van der Waals surface area contributed by atoms with Crippen LogP contribution in [0.5, 0.6) is 0 Å². The Bertz CT molecular complexity index is 501. The number of β-amino-alcohol motifs (C(OH)–C–C–N with tert-alkyl or cyclic N) is 1. The van der Waals surface area contributed by atoms with E-state index in [1.807, 2.05) is 18.9 Å². The molecule has 1 amide bonds. The van der Waals surface area contributed by atoms with Crippen LogP contribution in [-0.2, 0) is 4.79 Å². The molecule has 1 aromatic heterocycles. The summed E-state index contributed by atoms with van der Waals surface area (Å²) in [6, 6.07) is 0.00801. The van der Waals surface area contributed by atoms with Gasteiger partial charge in [-0.05, 0) is 38.9 Å². The van der Waals surface area contributed by atoms with Gasteiger partial charge in [-0.2, -0.15) is 0 Å². The van der Waals surface area contributed by atoms with E-state index in [1.165, 1.54) is 10.4 Å². The van der Waals surface area contributed by atoms with Gasteiger partial charge in [-0.1, -0.05) is 0 Å². The first-order valence-corrected chi connectivity index (χ1v) is 7.67. The molecular formula is C14H23N3O2S. The number of nitrogens with zero attached hydrogens (tertiary/aromatic N) is 1. The van der Waals surface area contributed by atoms with E-state index in [-0.39, 0.29) is 11.9 Å². The van der Waals surface area contributed by atoms with Crippen LogP contribution in [0.3, 0.4) is 0 Å². The Morgan fingerprint density at radius 1 is 1.40 bits per heavy atom. The monoisotopic (exact) mass is 297 g/mol. The van der Waals surface area contributed by atoms with Gasteiger partial charge in [-0.3, -0.25) is 9.69 Å². The molecule has 2 atom stereocenters. The average Bonchev–Trinajstić information content (AvgIpc) is 2.90. The van der Waals surface area contributed by atoms with Gasteiger partial charge in [-0.25, -0.2) is 0 Å². The number of anilines is 1. The van der Waals surface area contributed by atoms with Gasteiger partial charge in [0.25, 0.3) is 0 Å². The van der Waals surface area contributed by atoms with E-state index in [0.29, 0.717) is 13.1 Å². The third kappa shape index (κ3) is 3.20. The zero-order valence-corrected chi connectivity index (χ0v) is 13.3. The fraction of sp³-hybridized carbons (Fsp3) is 0.643. The van der Waals surface area contributed by atoms with E-state index >= 15 is 0 Å². The molecule has 0 spiro atoms. The predicted octanol–water partition coefficient (Wildman–Crippen LogP) is 0.876. The minimum atomic E-state index is -0.402. The van der Waals surface area contributed by atoms with Crippen molar-refractivity contribution < 1.29 is 9.90 Å². The van der Waals surface area contributed by atoms with Gasteiger partial charge in [0.2, 0.25) is 5.91 Å². The predicted molar refractivity (Wildman–Crippen MR) is 82.5 cm³/mol. The molecule has 5 nitrogen and oxygen atoms in total. The first-order chi connectivity index (χ1) is 9.40. The zero-order valence-electron chi connectivity index (χ0n) is 12.5. The van der Waals surface area contributed by atoms with Crippen LogP contribution in [0.1, 0.15) is 16.0 Å². The standard InChI is InChI=1S/C14H23N3O2S/c1-8-9(2)14(20-10(8)3)16-13(19)7-17(4)11-5-15-6-12(11)18/h11-12,15,18H,5-7H2,1-4H3,(H,16,19)/t11-,12-/m0/s1. The van der Waals surface area contributed by atoms with Crippen LogP contribution in [0.2, 0.25) is 0 Å². The lowest BCUT2D eigenvalue weighted by Gasteiger charge is -2.25. The maximum Gasteiger partial charge on any atom is 0.239 e. The highest BCUT2D eigenvalue weighted by atomic mass is 32.1. The Morgan fingerprint density at radius 3 is 2.60 bits per heavy atom. The number of rotatable bonds is 4. The zero-order chi connectivity index (χ0) is 14.9. The van der Waals surface area contributed by atoms with Crippen molar-refractivity contribution in [3.05, 3.63) is 16.0 Å². The summed E-state index contributed by atoms with van der Waals surface area (Å²) in [4.78, 5) is 15.3. The number of hydrogen-bond acceptors (Lipinski definition) is 5. The molecule has 0 aromatic carbocycles. The molecule has 1 fully saturated rings. The number of hydrogen-bond donors (Lipinski definition) is 3. The molecule has 0 bridgehead atoms. The summed E-state index contributed by atoms with van der Waals surface area (Å²) in [5, 5.41) is 16.8. The van der Waals surface area contributed by atoms with Crippen LogP contribution < -0.4 is 10.6 Å². The molecule has 3 N–H and O–H groups in total. The van der Waals surface area contributed by atoms with Crippen molar-refractivity contribution in [3.8, 4) is 0 Å². The third-order valence-corrected chi connectivity index (χ3v) is 5.27. The number of aliphatic hydroxyl groups excluding tert-OH is 1. The molecule has 0 aliphatic carbocycles. The minimum absolute atomic E-state index is 0.00801. The highest BCUT2D eigenvalue weighted by Gasteiger charge is 2.29. The van der Waals surface area contributed by atoms with Crippen molar-refractivity contribution in [2.75, 3.05) is 32.0 Å². The molecule has 1 saturated heterocycles. The number of amides is 1. The fourth-order valence-corrected chi connectivity index (χ4v) is 3.55. The van der Waals surface area contributed by atoms with Crippen molar-refractivity contribution in [1.82, 2.24) is 10.2 Å². The summed E-state index contributed by atoms with van der Waals surface area (Å²) in [6.07, 6.45) is -0.402. The van der Waals surface area contributed by atoms with E-state index in [2.05, 4.69) is 24.5 Å². The smallest absolute Gasteiger partial charge is 0.239 e. The molecule has 112 valence electrons. The van der Waals surface area contributed by atoms with Crippen LogP contribution in [0.4, 0.5) is 5.00 Å². The van der Waals surface area contributed by atoms with Crippen molar-refractivity contribution in [2.24, 2.45) is 0 Å². The topological polar surface area (TPSA) is 64.6 Å². The maximum absolute atomic E-state index is 12.1. The summed E-state index contributed by atoms with van der Waals surface area (Å²) < 4.78 is 0. The SMILES string of the molecule is Cc1sc(NC(=O)CN(C)[C@H]2CNC[C@@H]2O)c(C)c1C. The van der Waals surface area contributed by atoms with Gasteiger partial charge >= 0.3 is 0 Å². The molecule has 0 radical (unpaired) electrons. The maximum atomic E-state index is 12.1. The molecule has 20 heavy (non-hydrogen) atoms. The fourth-order valence-electron chi connectivity index (χ4n) is 2.47. The van der Waals surface area contributed by atoms with E-state index in [0.717, 1.165) is 17.1 Å². The van der Waals surface area contributed by atoms with E-state index in [9.17, 15) is 9.90 Å². The second-order valence-electron chi connectivity index (χ2n) is 5.49.